The van der Waals surface area contributed by atoms with Crippen molar-refractivity contribution in [3.63, 3.8) is 0 Å². The van der Waals surface area contributed by atoms with Crippen LogP contribution in [0.5, 0.6) is 5.75 Å². The topological polar surface area (TPSA) is 9.23 Å². The normalized spacial score (nSPS) is 12.9. The second-order valence-corrected chi connectivity index (χ2v) is 16.4. The predicted octanol–water partition coefficient (Wildman–Crippen LogP) is 7.53. The summed E-state index contributed by atoms with van der Waals surface area (Å²) in [7, 11) is 0. The van der Waals surface area contributed by atoms with Crippen molar-refractivity contribution in [2.75, 3.05) is 0 Å². The standard InChI is InChI=1S/C30H24BrOP/c31-33(26-15-4-1-5-16-26,27-17-6-2-7-18-27,28-19-8-3-9-20-28)24-23-32-30-22-12-14-25-13-10-11-21-29(25)30/h1-24H/b24-23+. The quantitative estimate of drug-likeness (QED) is 0.169. The summed E-state index contributed by atoms with van der Waals surface area (Å²) in [5.41, 5.74) is 0. The van der Waals surface area contributed by atoms with Crippen LogP contribution in [0.25, 0.3) is 10.8 Å². The Morgan fingerprint density at radius 2 is 0.970 bits per heavy atom. The summed E-state index contributed by atoms with van der Waals surface area (Å²) in [6.07, 6.45) is 1.86. The van der Waals surface area contributed by atoms with Crippen molar-refractivity contribution in [3.05, 3.63) is 146 Å². The second kappa shape index (κ2) is 8.98. The van der Waals surface area contributed by atoms with Crippen LogP contribution in [0.3, 0.4) is 0 Å². The monoisotopic (exact) mass is 510 g/mol. The summed E-state index contributed by atoms with van der Waals surface area (Å²) in [6.45, 7) is 0. The Morgan fingerprint density at radius 1 is 0.515 bits per heavy atom. The Hall–Kier alpha value is -3.19. The van der Waals surface area contributed by atoms with Crippen LogP contribution in [0, 0.1) is 0 Å². The van der Waals surface area contributed by atoms with E-state index in [2.05, 4.69) is 131 Å². The zero-order valence-corrected chi connectivity index (χ0v) is 20.6. The van der Waals surface area contributed by atoms with Crippen LogP contribution in [0.15, 0.2) is 146 Å². The maximum atomic E-state index is 6.33. The molecule has 0 saturated carbocycles. The first-order valence-electron chi connectivity index (χ1n) is 10.9. The van der Waals surface area contributed by atoms with Crippen LogP contribution >= 0.6 is 20.8 Å². The Morgan fingerprint density at radius 3 is 1.52 bits per heavy atom. The Balaban J connectivity index is 1.72. The molecule has 0 radical (unpaired) electrons. The van der Waals surface area contributed by atoms with Gasteiger partial charge >= 0.3 is 204 Å². The SMILES string of the molecule is BrP(/C=C/Oc1cccc2ccccc12)(c1ccccc1)(c1ccccc1)c1ccccc1. The van der Waals surface area contributed by atoms with Crippen molar-refractivity contribution < 1.29 is 4.74 Å². The number of hydrogen-bond donors (Lipinski definition) is 0. The van der Waals surface area contributed by atoms with Gasteiger partial charge in [-0.2, -0.15) is 0 Å². The number of ether oxygens (including phenoxy) is 1. The molecule has 0 aromatic heterocycles. The van der Waals surface area contributed by atoms with Crippen LogP contribution in [-0.4, -0.2) is 0 Å². The van der Waals surface area contributed by atoms with Crippen LogP contribution < -0.4 is 20.7 Å². The molecule has 0 aliphatic carbocycles. The van der Waals surface area contributed by atoms with Crippen molar-refractivity contribution in [3.8, 4) is 5.75 Å². The van der Waals surface area contributed by atoms with Gasteiger partial charge in [-0.05, 0) is 0 Å². The van der Waals surface area contributed by atoms with Crippen molar-refractivity contribution in [1.29, 1.82) is 0 Å². The van der Waals surface area contributed by atoms with Crippen LogP contribution in [0.4, 0.5) is 0 Å². The van der Waals surface area contributed by atoms with Crippen molar-refractivity contribution in [2.45, 2.75) is 0 Å². The molecule has 0 unspecified atom stereocenters. The van der Waals surface area contributed by atoms with Gasteiger partial charge in [0.2, 0.25) is 0 Å². The molecule has 5 aromatic carbocycles. The zero-order valence-electron chi connectivity index (χ0n) is 18.1. The number of hydrogen-bond acceptors (Lipinski definition) is 1. The fraction of sp³-hybridized carbons (Fsp3) is 0. The first-order chi connectivity index (χ1) is 16.2. The van der Waals surface area contributed by atoms with Crippen molar-refractivity contribution >= 4 is 47.5 Å². The van der Waals surface area contributed by atoms with Gasteiger partial charge in [0.15, 0.2) is 0 Å². The minimum absolute atomic E-state index is 0.844. The van der Waals surface area contributed by atoms with Gasteiger partial charge in [0, 0.05) is 0 Å². The molecule has 5 rings (SSSR count). The number of benzene rings is 5. The number of fused-ring (bicyclic) bond motifs is 1. The zero-order chi connectivity index (χ0) is 22.6. The number of rotatable bonds is 6. The molecule has 1 nitrogen and oxygen atoms in total. The second-order valence-electron chi connectivity index (χ2n) is 7.96. The van der Waals surface area contributed by atoms with E-state index in [4.69, 9.17) is 4.74 Å². The third-order valence-electron chi connectivity index (χ3n) is 6.07. The molecule has 0 fully saturated rings. The molecule has 3 heteroatoms. The van der Waals surface area contributed by atoms with E-state index in [0.29, 0.717) is 0 Å². The van der Waals surface area contributed by atoms with Gasteiger partial charge in [-0.1, -0.05) is 0 Å². The average Bonchev–Trinajstić information content (AvgIpc) is 2.90. The van der Waals surface area contributed by atoms with Gasteiger partial charge in [-0.15, -0.1) is 0 Å². The molecular formula is C30H24BrOP. The molecule has 0 aliphatic rings. The van der Waals surface area contributed by atoms with Gasteiger partial charge in [-0.3, -0.25) is 0 Å². The summed E-state index contributed by atoms with van der Waals surface area (Å²) in [6, 6.07) is 46.4. The third-order valence-corrected chi connectivity index (χ3v) is 15.1. The van der Waals surface area contributed by atoms with E-state index in [-0.39, 0.29) is 0 Å². The molecule has 0 bridgehead atoms. The van der Waals surface area contributed by atoms with Crippen molar-refractivity contribution in [2.24, 2.45) is 0 Å². The molecule has 0 atom stereocenters. The Bertz CT molecular complexity index is 1290. The molecule has 0 amide bonds. The van der Waals surface area contributed by atoms with E-state index in [1.165, 1.54) is 15.9 Å². The minimum atomic E-state index is -3.15. The van der Waals surface area contributed by atoms with E-state index >= 15 is 0 Å². The molecule has 0 spiro atoms. The van der Waals surface area contributed by atoms with E-state index in [1.54, 1.807) is 0 Å². The summed E-state index contributed by atoms with van der Waals surface area (Å²) in [5, 5.41) is 2.77. The van der Waals surface area contributed by atoms with Gasteiger partial charge in [0.25, 0.3) is 0 Å². The summed E-state index contributed by atoms with van der Waals surface area (Å²) in [5.74, 6) is 3.09. The fourth-order valence-corrected chi connectivity index (χ4v) is 10.8. The molecular weight excluding hydrogens is 487 g/mol. The Kier molecular flexibility index (Phi) is 5.89. The van der Waals surface area contributed by atoms with Crippen LogP contribution in [0.1, 0.15) is 0 Å². The average molecular weight is 511 g/mol. The summed E-state index contributed by atoms with van der Waals surface area (Å²) in [4.78, 5) is 0. The molecule has 0 N–H and O–H groups in total. The fourth-order valence-electron chi connectivity index (χ4n) is 4.38. The van der Waals surface area contributed by atoms with Gasteiger partial charge in [0.05, 0.1) is 0 Å². The molecule has 162 valence electrons. The third kappa shape index (κ3) is 3.80. The Labute approximate surface area is 203 Å². The van der Waals surface area contributed by atoms with E-state index in [0.717, 1.165) is 16.5 Å². The van der Waals surface area contributed by atoms with Crippen molar-refractivity contribution in [1.82, 2.24) is 0 Å². The van der Waals surface area contributed by atoms with Gasteiger partial charge in [0.1, 0.15) is 0 Å². The maximum absolute atomic E-state index is 6.33. The van der Waals surface area contributed by atoms with E-state index in [9.17, 15) is 0 Å². The van der Waals surface area contributed by atoms with Crippen LogP contribution in [-0.2, 0) is 0 Å². The predicted molar refractivity (Wildman–Crippen MR) is 148 cm³/mol. The molecule has 0 saturated heterocycles. The molecule has 5 aromatic rings. The first kappa shape index (κ1) is 21.6. The summed E-state index contributed by atoms with van der Waals surface area (Å²) >= 11 is 4.40. The van der Waals surface area contributed by atoms with Gasteiger partial charge < -0.3 is 0 Å². The molecule has 0 heterocycles. The first-order valence-corrected chi connectivity index (χ1v) is 15.2. The van der Waals surface area contributed by atoms with E-state index < -0.39 is 5.31 Å². The summed E-state index contributed by atoms with van der Waals surface area (Å²) < 4.78 is 6.33. The number of halogens is 1. The molecule has 33 heavy (non-hydrogen) atoms. The molecule has 0 aliphatic heterocycles. The van der Waals surface area contributed by atoms with Crippen LogP contribution in [0.2, 0.25) is 0 Å². The van der Waals surface area contributed by atoms with E-state index in [1.807, 2.05) is 30.5 Å². The van der Waals surface area contributed by atoms with Gasteiger partial charge in [-0.25, -0.2) is 0 Å².